The van der Waals surface area contributed by atoms with Gasteiger partial charge in [0.05, 0.1) is 6.54 Å². The standard InChI is InChI=1S/C20H23NO3/c1-14-7-8-16(15(2)11-14)9-10-20(22)21-12-17-13-23-18-5-3-4-6-19(18)24-17/h3-8,11,17H,9-10,12-13H2,1-2H3,(H,21,22). The summed E-state index contributed by atoms with van der Waals surface area (Å²) >= 11 is 0. The molecule has 0 spiro atoms. The van der Waals surface area contributed by atoms with E-state index in [9.17, 15) is 4.79 Å². The van der Waals surface area contributed by atoms with Crippen molar-refractivity contribution in [3.8, 4) is 11.5 Å². The molecule has 4 heteroatoms. The summed E-state index contributed by atoms with van der Waals surface area (Å²) in [7, 11) is 0. The van der Waals surface area contributed by atoms with Crippen LogP contribution in [0.1, 0.15) is 23.1 Å². The molecule has 0 radical (unpaired) electrons. The summed E-state index contributed by atoms with van der Waals surface area (Å²) in [4.78, 5) is 12.1. The zero-order valence-corrected chi connectivity index (χ0v) is 14.2. The van der Waals surface area contributed by atoms with E-state index in [4.69, 9.17) is 9.47 Å². The van der Waals surface area contributed by atoms with Crippen LogP contribution in [0.3, 0.4) is 0 Å². The Labute approximate surface area is 142 Å². The smallest absolute Gasteiger partial charge is 0.220 e. The molecule has 1 amide bonds. The molecule has 0 saturated heterocycles. The highest BCUT2D eigenvalue weighted by Crippen LogP contribution is 2.30. The quantitative estimate of drug-likeness (QED) is 0.918. The molecule has 0 aliphatic carbocycles. The summed E-state index contributed by atoms with van der Waals surface area (Å²) in [5.74, 6) is 1.53. The van der Waals surface area contributed by atoms with Crippen LogP contribution in [0.15, 0.2) is 42.5 Å². The Bertz CT molecular complexity index is 727. The highest BCUT2D eigenvalue weighted by atomic mass is 16.6. The molecule has 1 atom stereocenters. The van der Waals surface area contributed by atoms with Gasteiger partial charge < -0.3 is 14.8 Å². The van der Waals surface area contributed by atoms with Gasteiger partial charge in [-0.2, -0.15) is 0 Å². The van der Waals surface area contributed by atoms with Crippen molar-refractivity contribution in [2.24, 2.45) is 0 Å². The first-order valence-corrected chi connectivity index (χ1v) is 8.33. The second-order valence-corrected chi connectivity index (χ2v) is 6.23. The van der Waals surface area contributed by atoms with Gasteiger partial charge in [0, 0.05) is 6.42 Å². The maximum absolute atomic E-state index is 12.1. The number of hydrogen-bond donors (Lipinski definition) is 1. The Balaban J connectivity index is 1.45. The highest BCUT2D eigenvalue weighted by molar-refractivity contribution is 5.76. The van der Waals surface area contributed by atoms with Crippen LogP contribution in [0.25, 0.3) is 0 Å². The predicted molar refractivity (Wildman–Crippen MR) is 93.6 cm³/mol. The lowest BCUT2D eigenvalue weighted by Crippen LogP contribution is -2.40. The molecule has 0 aromatic heterocycles. The lowest BCUT2D eigenvalue weighted by molar-refractivity contribution is -0.121. The summed E-state index contributed by atoms with van der Waals surface area (Å²) in [6.07, 6.45) is 1.08. The van der Waals surface area contributed by atoms with E-state index in [0.717, 1.165) is 17.9 Å². The van der Waals surface area contributed by atoms with Crippen LogP contribution in [0, 0.1) is 13.8 Å². The molecule has 0 fully saturated rings. The molecule has 1 N–H and O–H groups in total. The van der Waals surface area contributed by atoms with Gasteiger partial charge in [0.25, 0.3) is 0 Å². The van der Waals surface area contributed by atoms with Crippen molar-refractivity contribution in [3.05, 3.63) is 59.2 Å². The van der Waals surface area contributed by atoms with Crippen LogP contribution in [0.2, 0.25) is 0 Å². The van der Waals surface area contributed by atoms with E-state index in [1.165, 1.54) is 16.7 Å². The second kappa shape index (κ2) is 7.39. The van der Waals surface area contributed by atoms with Gasteiger partial charge in [-0.15, -0.1) is 0 Å². The van der Waals surface area contributed by atoms with Crippen molar-refractivity contribution < 1.29 is 14.3 Å². The van der Waals surface area contributed by atoms with E-state index in [2.05, 4.69) is 37.4 Å². The van der Waals surface area contributed by atoms with Crippen molar-refractivity contribution in [2.75, 3.05) is 13.2 Å². The number of carbonyl (C=O) groups excluding carboxylic acids is 1. The number of aryl methyl sites for hydroxylation is 3. The molecular weight excluding hydrogens is 302 g/mol. The Morgan fingerprint density at radius 1 is 1.17 bits per heavy atom. The van der Waals surface area contributed by atoms with Crippen LogP contribution in [-0.4, -0.2) is 25.2 Å². The van der Waals surface area contributed by atoms with E-state index in [1.807, 2.05) is 24.3 Å². The summed E-state index contributed by atoms with van der Waals surface area (Å²) < 4.78 is 11.5. The van der Waals surface area contributed by atoms with Crippen molar-refractivity contribution in [1.29, 1.82) is 0 Å². The number of fused-ring (bicyclic) bond motifs is 1. The van der Waals surface area contributed by atoms with Gasteiger partial charge in [-0.05, 0) is 43.5 Å². The number of ether oxygens (including phenoxy) is 2. The number of para-hydroxylation sites is 2. The Hall–Kier alpha value is -2.49. The zero-order valence-electron chi connectivity index (χ0n) is 14.2. The van der Waals surface area contributed by atoms with Gasteiger partial charge in [0.2, 0.25) is 5.91 Å². The topological polar surface area (TPSA) is 47.6 Å². The minimum absolute atomic E-state index is 0.0393. The Kier molecular flexibility index (Phi) is 5.04. The average molecular weight is 325 g/mol. The third kappa shape index (κ3) is 4.07. The summed E-state index contributed by atoms with van der Waals surface area (Å²) in [5, 5.41) is 2.94. The van der Waals surface area contributed by atoms with E-state index < -0.39 is 0 Å². The number of rotatable bonds is 5. The van der Waals surface area contributed by atoms with Gasteiger partial charge in [-0.3, -0.25) is 4.79 Å². The maximum Gasteiger partial charge on any atom is 0.220 e. The number of carbonyl (C=O) groups is 1. The SMILES string of the molecule is Cc1ccc(CCC(=O)NCC2COc3ccccc3O2)c(C)c1. The van der Waals surface area contributed by atoms with Crippen molar-refractivity contribution in [2.45, 2.75) is 32.8 Å². The third-order valence-electron chi connectivity index (χ3n) is 4.21. The molecule has 126 valence electrons. The van der Waals surface area contributed by atoms with E-state index in [0.29, 0.717) is 19.6 Å². The molecular formula is C20H23NO3. The molecule has 1 heterocycles. The Morgan fingerprint density at radius 2 is 1.96 bits per heavy atom. The monoisotopic (exact) mass is 325 g/mol. The molecule has 24 heavy (non-hydrogen) atoms. The molecule has 0 bridgehead atoms. The number of hydrogen-bond acceptors (Lipinski definition) is 3. The number of benzene rings is 2. The maximum atomic E-state index is 12.1. The third-order valence-corrected chi connectivity index (χ3v) is 4.21. The first kappa shape index (κ1) is 16.4. The summed E-state index contributed by atoms with van der Waals surface area (Å²) in [6.45, 7) is 5.08. The molecule has 1 aliphatic heterocycles. The lowest BCUT2D eigenvalue weighted by Gasteiger charge is -2.26. The fourth-order valence-electron chi connectivity index (χ4n) is 2.85. The minimum atomic E-state index is -0.148. The minimum Gasteiger partial charge on any atom is -0.486 e. The first-order chi connectivity index (χ1) is 11.6. The van der Waals surface area contributed by atoms with E-state index in [-0.39, 0.29) is 12.0 Å². The zero-order chi connectivity index (χ0) is 16.9. The largest absolute Gasteiger partial charge is 0.486 e. The molecule has 0 saturated carbocycles. The fourth-order valence-corrected chi connectivity index (χ4v) is 2.85. The number of nitrogens with one attached hydrogen (secondary N) is 1. The molecule has 3 rings (SSSR count). The second-order valence-electron chi connectivity index (χ2n) is 6.23. The van der Waals surface area contributed by atoms with Crippen molar-refractivity contribution >= 4 is 5.91 Å². The molecule has 4 nitrogen and oxygen atoms in total. The summed E-state index contributed by atoms with van der Waals surface area (Å²) in [5.41, 5.74) is 3.71. The molecule has 2 aromatic carbocycles. The molecule has 2 aromatic rings. The fraction of sp³-hybridized carbons (Fsp3) is 0.350. The Morgan fingerprint density at radius 3 is 2.75 bits per heavy atom. The van der Waals surface area contributed by atoms with Gasteiger partial charge in [-0.1, -0.05) is 35.9 Å². The van der Waals surface area contributed by atoms with E-state index >= 15 is 0 Å². The van der Waals surface area contributed by atoms with Crippen LogP contribution < -0.4 is 14.8 Å². The predicted octanol–water partition coefficient (Wildman–Crippen LogP) is 3.19. The van der Waals surface area contributed by atoms with Gasteiger partial charge in [0.15, 0.2) is 11.5 Å². The first-order valence-electron chi connectivity index (χ1n) is 8.33. The van der Waals surface area contributed by atoms with Gasteiger partial charge in [0.1, 0.15) is 12.7 Å². The highest BCUT2D eigenvalue weighted by Gasteiger charge is 2.20. The van der Waals surface area contributed by atoms with Crippen molar-refractivity contribution in [1.82, 2.24) is 5.32 Å². The normalized spacial score (nSPS) is 15.8. The van der Waals surface area contributed by atoms with Crippen molar-refractivity contribution in [3.63, 3.8) is 0 Å². The molecule has 1 aliphatic rings. The van der Waals surface area contributed by atoms with Gasteiger partial charge in [-0.25, -0.2) is 0 Å². The number of amides is 1. The molecule has 1 unspecified atom stereocenters. The van der Waals surface area contributed by atoms with Crippen LogP contribution in [-0.2, 0) is 11.2 Å². The lowest BCUT2D eigenvalue weighted by atomic mass is 10.0. The van der Waals surface area contributed by atoms with Crippen LogP contribution in [0.4, 0.5) is 0 Å². The summed E-state index contributed by atoms with van der Waals surface area (Å²) in [6, 6.07) is 13.9. The van der Waals surface area contributed by atoms with Crippen LogP contribution in [0.5, 0.6) is 11.5 Å². The van der Waals surface area contributed by atoms with E-state index in [1.54, 1.807) is 0 Å². The van der Waals surface area contributed by atoms with Crippen LogP contribution >= 0.6 is 0 Å². The average Bonchev–Trinajstić information content (AvgIpc) is 2.59. The van der Waals surface area contributed by atoms with Gasteiger partial charge >= 0.3 is 0 Å².